The Hall–Kier alpha value is -2.15. The lowest BCUT2D eigenvalue weighted by Crippen LogP contribution is -2.46. The van der Waals surface area contributed by atoms with E-state index in [1.807, 2.05) is 0 Å². The number of nitrogens with two attached hydrogens (primary N) is 1. The van der Waals surface area contributed by atoms with Crippen molar-refractivity contribution in [2.75, 3.05) is 19.7 Å². The zero-order valence-corrected chi connectivity index (χ0v) is 11.3. The fourth-order valence-electron chi connectivity index (χ4n) is 1.48. The largest absolute Gasteiger partial charge is 0.449 e. The van der Waals surface area contributed by atoms with Gasteiger partial charge in [-0.3, -0.25) is 0 Å². The number of carbonyl (C=O) groups is 2. The van der Waals surface area contributed by atoms with Gasteiger partial charge in [-0.25, -0.2) is 18.9 Å². The van der Waals surface area contributed by atoms with Gasteiger partial charge in [0.2, 0.25) is 0 Å². The standard InChI is InChI=1S/C13H18FN3O3/c1-2-20-13(19)17(8-7-15)12(18)16-9-10-3-5-11(14)6-4-10/h3-6H,2,7-9,15H2,1H3,(H,16,18). The summed E-state index contributed by atoms with van der Waals surface area (Å²) in [5, 5.41) is 2.55. The predicted molar refractivity (Wildman–Crippen MR) is 71.4 cm³/mol. The van der Waals surface area contributed by atoms with Gasteiger partial charge < -0.3 is 15.8 Å². The van der Waals surface area contributed by atoms with E-state index in [4.69, 9.17) is 10.5 Å². The molecule has 0 fully saturated rings. The molecule has 0 aromatic heterocycles. The lowest BCUT2D eigenvalue weighted by molar-refractivity contribution is 0.115. The fraction of sp³-hybridized carbons (Fsp3) is 0.385. The molecular weight excluding hydrogens is 265 g/mol. The van der Waals surface area contributed by atoms with Crippen molar-refractivity contribution < 1.29 is 18.7 Å². The maximum Gasteiger partial charge on any atom is 0.418 e. The van der Waals surface area contributed by atoms with Crippen LogP contribution in [0.5, 0.6) is 0 Å². The summed E-state index contributed by atoms with van der Waals surface area (Å²) in [4.78, 5) is 24.3. The second-order valence-corrected chi connectivity index (χ2v) is 3.92. The van der Waals surface area contributed by atoms with Gasteiger partial charge in [0.05, 0.1) is 6.61 Å². The molecule has 7 heteroatoms. The first kappa shape index (κ1) is 15.9. The number of urea groups is 1. The summed E-state index contributed by atoms with van der Waals surface area (Å²) >= 11 is 0. The van der Waals surface area contributed by atoms with Gasteiger partial charge in [0.1, 0.15) is 5.82 Å². The summed E-state index contributed by atoms with van der Waals surface area (Å²) < 4.78 is 17.5. The Morgan fingerprint density at radius 2 is 2.00 bits per heavy atom. The van der Waals surface area contributed by atoms with E-state index in [2.05, 4.69) is 5.32 Å². The molecule has 0 heterocycles. The van der Waals surface area contributed by atoms with Gasteiger partial charge in [0, 0.05) is 19.6 Å². The minimum atomic E-state index is -0.741. The zero-order valence-electron chi connectivity index (χ0n) is 11.3. The highest BCUT2D eigenvalue weighted by Gasteiger charge is 2.21. The number of hydrogen-bond donors (Lipinski definition) is 2. The Labute approximate surface area is 116 Å². The lowest BCUT2D eigenvalue weighted by Gasteiger charge is -2.19. The molecule has 1 rings (SSSR count). The van der Waals surface area contributed by atoms with Crippen LogP contribution in [0, 0.1) is 5.82 Å². The minimum Gasteiger partial charge on any atom is -0.449 e. The minimum absolute atomic E-state index is 0.0636. The highest BCUT2D eigenvalue weighted by molar-refractivity contribution is 5.90. The summed E-state index contributed by atoms with van der Waals surface area (Å²) in [5.41, 5.74) is 6.07. The van der Waals surface area contributed by atoms with Gasteiger partial charge in [-0.15, -0.1) is 0 Å². The van der Waals surface area contributed by atoms with Crippen molar-refractivity contribution in [2.45, 2.75) is 13.5 Å². The molecule has 0 aliphatic carbocycles. The molecule has 3 N–H and O–H groups in total. The normalized spacial score (nSPS) is 9.95. The summed E-state index contributed by atoms with van der Waals surface area (Å²) in [7, 11) is 0. The van der Waals surface area contributed by atoms with Crippen LogP contribution in [0.15, 0.2) is 24.3 Å². The average molecular weight is 283 g/mol. The molecule has 0 spiro atoms. The van der Waals surface area contributed by atoms with E-state index >= 15 is 0 Å². The van der Waals surface area contributed by atoms with Gasteiger partial charge in [-0.05, 0) is 24.6 Å². The quantitative estimate of drug-likeness (QED) is 0.856. The van der Waals surface area contributed by atoms with Gasteiger partial charge in [0.25, 0.3) is 0 Å². The van der Waals surface area contributed by atoms with Gasteiger partial charge >= 0.3 is 12.1 Å². The molecule has 20 heavy (non-hydrogen) atoms. The summed E-state index contributed by atoms with van der Waals surface area (Å²) in [6.45, 7) is 2.20. The van der Waals surface area contributed by atoms with Gasteiger partial charge in [0.15, 0.2) is 0 Å². The number of imide groups is 1. The Balaban J connectivity index is 2.57. The molecule has 3 amide bonds. The molecule has 0 aliphatic heterocycles. The smallest absolute Gasteiger partial charge is 0.418 e. The third-order valence-corrected chi connectivity index (χ3v) is 2.44. The number of nitrogens with one attached hydrogen (secondary N) is 1. The van der Waals surface area contributed by atoms with Crippen LogP contribution < -0.4 is 11.1 Å². The molecule has 1 aromatic carbocycles. The van der Waals surface area contributed by atoms with E-state index in [0.717, 1.165) is 10.5 Å². The van der Waals surface area contributed by atoms with E-state index in [-0.39, 0.29) is 32.1 Å². The maximum atomic E-state index is 12.7. The second-order valence-electron chi connectivity index (χ2n) is 3.92. The van der Waals surface area contributed by atoms with Crippen molar-refractivity contribution in [1.82, 2.24) is 10.2 Å². The average Bonchev–Trinajstić information content (AvgIpc) is 2.44. The van der Waals surface area contributed by atoms with E-state index in [9.17, 15) is 14.0 Å². The molecule has 0 bridgehead atoms. The molecule has 0 saturated heterocycles. The van der Waals surface area contributed by atoms with Crippen LogP contribution in [-0.2, 0) is 11.3 Å². The van der Waals surface area contributed by atoms with Crippen LogP contribution in [0.3, 0.4) is 0 Å². The maximum absolute atomic E-state index is 12.7. The number of rotatable bonds is 5. The van der Waals surface area contributed by atoms with Crippen LogP contribution in [0.25, 0.3) is 0 Å². The van der Waals surface area contributed by atoms with Crippen LogP contribution >= 0.6 is 0 Å². The van der Waals surface area contributed by atoms with E-state index < -0.39 is 12.1 Å². The first-order valence-corrected chi connectivity index (χ1v) is 6.25. The van der Waals surface area contributed by atoms with Crippen molar-refractivity contribution >= 4 is 12.1 Å². The Morgan fingerprint density at radius 3 is 2.55 bits per heavy atom. The predicted octanol–water partition coefficient (Wildman–Crippen LogP) is 1.45. The van der Waals surface area contributed by atoms with Gasteiger partial charge in [-0.2, -0.15) is 0 Å². The molecule has 6 nitrogen and oxygen atoms in total. The number of nitrogens with zero attached hydrogens (tertiary/aromatic N) is 1. The fourth-order valence-corrected chi connectivity index (χ4v) is 1.48. The van der Waals surface area contributed by atoms with E-state index in [1.54, 1.807) is 19.1 Å². The van der Waals surface area contributed by atoms with Crippen molar-refractivity contribution in [3.8, 4) is 0 Å². The molecule has 0 atom stereocenters. The van der Waals surface area contributed by atoms with Crippen molar-refractivity contribution in [3.63, 3.8) is 0 Å². The topological polar surface area (TPSA) is 84.7 Å². The number of hydrogen-bond acceptors (Lipinski definition) is 4. The Bertz CT molecular complexity index is 451. The molecule has 0 aliphatic rings. The number of amides is 3. The first-order valence-electron chi connectivity index (χ1n) is 6.25. The SMILES string of the molecule is CCOC(=O)N(CCN)C(=O)NCc1ccc(F)cc1. The number of carbonyl (C=O) groups excluding carboxylic acids is 2. The summed E-state index contributed by atoms with van der Waals surface area (Å²) in [6.07, 6.45) is -0.741. The highest BCUT2D eigenvalue weighted by atomic mass is 19.1. The van der Waals surface area contributed by atoms with Gasteiger partial charge in [-0.1, -0.05) is 12.1 Å². The summed E-state index contributed by atoms with van der Waals surface area (Å²) in [5.74, 6) is -0.351. The van der Waals surface area contributed by atoms with Crippen LogP contribution in [0.1, 0.15) is 12.5 Å². The Kier molecular flexibility index (Phi) is 6.45. The highest BCUT2D eigenvalue weighted by Crippen LogP contribution is 2.03. The van der Waals surface area contributed by atoms with E-state index in [1.165, 1.54) is 12.1 Å². The summed E-state index contributed by atoms with van der Waals surface area (Å²) in [6, 6.07) is 5.09. The van der Waals surface area contributed by atoms with Crippen molar-refractivity contribution in [3.05, 3.63) is 35.6 Å². The molecule has 0 unspecified atom stereocenters. The van der Waals surface area contributed by atoms with E-state index in [0.29, 0.717) is 0 Å². The second kappa shape index (κ2) is 8.11. The molecule has 0 radical (unpaired) electrons. The number of benzene rings is 1. The van der Waals surface area contributed by atoms with Crippen molar-refractivity contribution in [2.24, 2.45) is 5.73 Å². The third-order valence-electron chi connectivity index (χ3n) is 2.44. The molecule has 0 saturated carbocycles. The molecule has 110 valence electrons. The lowest BCUT2D eigenvalue weighted by atomic mass is 10.2. The zero-order chi connectivity index (χ0) is 15.0. The first-order chi connectivity index (χ1) is 9.58. The van der Waals surface area contributed by atoms with Crippen LogP contribution in [0.2, 0.25) is 0 Å². The van der Waals surface area contributed by atoms with Crippen LogP contribution in [-0.4, -0.2) is 36.7 Å². The Morgan fingerprint density at radius 1 is 1.35 bits per heavy atom. The third kappa shape index (κ3) is 4.85. The van der Waals surface area contributed by atoms with Crippen LogP contribution in [0.4, 0.5) is 14.0 Å². The molecule has 1 aromatic rings. The number of ether oxygens (including phenoxy) is 1. The van der Waals surface area contributed by atoms with Crippen molar-refractivity contribution in [1.29, 1.82) is 0 Å². The monoisotopic (exact) mass is 283 g/mol. The molecular formula is C13H18FN3O3. The number of halogens is 1.